The Morgan fingerprint density at radius 1 is 0.793 bits per heavy atom. The van der Waals surface area contributed by atoms with Gasteiger partial charge in [-0.1, -0.05) is 30.3 Å². The molecule has 160 valence electrons. The maximum Gasteiger partial charge on any atom is 0.573 e. The van der Waals surface area contributed by atoms with Gasteiger partial charge in [0.1, 0.15) is 5.75 Å². The first kappa shape index (κ1) is 22.8. The van der Waals surface area contributed by atoms with Gasteiger partial charge < -0.3 is 27.7 Å². The molecule has 8 N–H and O–H groups in total. The van der Waals surface area contributed by atoms with Crippen molar-refractivity contribution in [2.24, 2.45) is 23.3 Å². The number of nitrogens with two attached hydrogens (primary N) is 4. The number of rotatable bonds is 4. The molecule has 2 aromatic carbocycles. The molecule has 0 saturated heterocycles. The topological polar surface area (TPSA) is 113 Å². The van der Waals surface area contributed by atoms with E-state index in [9.17, 15) is 13.2 Å². The SMILES string of the molecule is NCC1CCC(CN)CC1.Nc1cccc(-c2ccccc2OC(F)(F)F)c1N. The molecule has 0 aliphatic heterocycles. The third kappa shape index (κ3) is 6.83. The summed E-state index contributed by atoms with van der Waals surface area (Å²) in [5.41, 5.74) is 23.7. The van der Waals surface area contributed by atoms with E-state index in [-0.39, 0.29) is 17.0 Å². The van der Waals surface area contributed by atoms with Crippen molar-refractivity contribution in [2.75, 3.05) is 24.6 Å². The van der Waals surface area contributed by atoms with Gasteiger partial charge in [0.05, 0.1) is 11.4 Å². The molecule has 0 radical (unpaired) electrons. The van der Waals surface area contributed by atoms with Gasteiger partial charge in [-0.05, 0) is 62.7 Å². The zero-order valence-corrected chi connectivity index (χ0v) is 16.3. The Balaban J connectivity index is 0.000000253. The van der Waals surface area contributed by atoms with Crippen LogP contribution in [0.4, 0.5) is 24.5 Å². The van der Waals surface area contributed by atoms with Crippen LogP contribution in [0, 0.1) is 11.8 Å². The molecule has 0 aromatic heterocycles. The summed E-state index contributed by atoms with van der Waals surface area (Å²) in [6.07, 6.45) is 0.457. The molecule has 29 heavy (non-hydrogen) atoms. The quantitative estimate of drug-likeness (QED) is 0.566. The third-order valence-electron chi connectivity index (χ3n) is 5.18. The zero-order valence-electron chi connectivity index (χ0n) is 16.3. The fourth-order valence-corrected chi connectivity index (χ4v) is 3.42. The van der Waals surface area contributed by atoms with Crippen LogP contribution in [0.2, 0.25) is 0 Å². The fourth-order valence-electron chi connectivity index (χ4n) is 3.42. The Bertz CT molecular complexity index is 763. The van der Waals surface area contributed by atoms with Crippen LogP contribution in [0.15, 0.2) is 42.5 Å². The van der Waals surface area contributed by atoms with Crippen molar-refractivity contribution >= 4 is 11.4 Å². The molecule has 5 nitrogen and oxygen atoms in total. The average Bonchev–Trinajstić information content (AvgIpc) is 2.70. The summed E-state index contributed by atoms with van der Waals surface area (Å²) in [5.74, 6) is 1.28. The van der Waals surface area contributed by atoms with Gasteiger partial charge in [0, 0.05) is 11.1 Å². The summed E-state index contributed by atoms with van der Waals surface area (Å²) >= 11 is 0. The fraction of sp³-hybridized carbons (Fsp3) is 0.429. The van der Waals surface area contributed by atoms with Gasteiger partial charge in [0.15, 0.2) is 0 Å². The molecule has 3 rings (SSSR count). The van der Waals surface area contributed by atoms with Gasteiger partial charge in [-0.2, -0.15) is 0 Å². The lowest BCUT2D eigenvalue weighted by Crippen LogP contribution is -2.25. The first-order valence-corrected chi connectivity index (χ1v) is 9.64. The van der Waals surface area contributed by atoms with E-state index in [1.165, 1.54) is 43.9 Å². The van der Waals surface area contributed by atoms with Crippen molar-refractivity contribution in [3.8, 4) is 16.9 Å². The van der Waals surface area contributed by atoms with E-state index in [1.54, 1.807) is 24.3 Å². The second-order valence-electron chi connectivity index (χ2n) is 7.21. The Kier molecular flexibility index (Phi) is 8.16. The van der Waals surface area contributed by atoms with Crippen molar-refractivity contribution in [1.82, 2.24) is 0 Å². The molecule has 0 spiro atoms. The van der Waals surface area contributed by atoms with E-state index < -0.39 is 6.36 Å². The molecular weight excluding hydrogens is 381 g/mol. The number of anilines is 2. The minimum absolute atomic E-state index is 0.223. The highest BCUT2D eigenvalue weighted by molar-refractivity contribution is 5.86. The maximum atomic E-state index is 12.3. The molecule has 1 aliphatic carbocycles. The second kappa shape index (κ2) is 10.4. The lowest BCUT2D eigenvalue weighted by Gasteiger charge is -2.26. The minimum atomic E-state index is -4.76. The van der Waals surface area contributed by atoms with Crippen molar-refractivity contribution in [1.29, 1.82) is 0 Å². The second-order valence-corrected chi connectivity index (χ2v) is 7.21. The van der Waals surface area contributed by atoms with Crippen LogP contribution in [0.25, 0.3) is 11.1 Å². The Morgan fingerprint density at radius 3 is 1.83 bits per heavy atom. The Labute approximate surface area is 169 Å². The predicted octanol–water partition coefficient (Wildman–Crippen LogP) is 4.13. The Morgan fingerprint density at radius 2 is 1.31 bits per heavy atom. The van der Waals surface area contributed by atoms with Crippen LogP contribution < -0.4 is 27.7 Å². The molecular formula is C21H29F3N4O. The number of alkyl halides is 3. The molecule has 2 aromatic rings. The van der Waals surface area contributed by atoms with E-state index in [0.29, 0.717) is 11.3 Å². The molecule has 0 amide bonds. The van der Waals surface area contributed by atoms with Gasteiger partial charge in [-0.25, -0.2) is 0 Å². The van der Waals surface area contributed by atoms with E-state index in [4.69, 9.17) is 22.9 Å². The minimum Gasteiger partial charge on any atom is -0.405 e. The summed E-state index contributed by atoms with van der Waals surface area (Å²) in [6, 6.07) is 10.5. The Hall–Kier alpha value is -2.45. The van der Waals surface area contributed by atoms with Crippen molar-refractivity contribution < 1.29 is 17.9 Å². The number of hydrogen-bond donors (Lipinski definition) is 4. The standard InChI is InChI=1S/C13H11F3N2O.C8H18N2/c14-13(15,16)19-11-7-2-1-4-8(11)9-5-3-6-10(17)12(9)18;9-5-7-1-2-8(6-10)4-3-7/h1-7H,17-18H2;7-8H,1-6,9-10H2. The van der Waals surface area contributed by atoms with Crippen molar-refractivity contribution in [2.45, 2.75) is 32.0 Å². The number of halogens is 3. The molecule has 1 saturated carbocycles. The van der Waals surface area contributed by atoms with Crippen LogP contribution in [0.1, 0.15) is 25.7 Å². The number of para-hydroxylation sites is 2. The van der Waals surface area contributed by atoms with E-state index >= 15 is 0 Å². The van der Waals surface area contributed by atoms with Crippen molar-refractivity contribution in [3.63, 3.8) is 0 Å². The summed E-state index contributed by atoms with van der Waals surface area (Å²) < 4.78 is 41.0. The maximum absolute atomic E-state index is 12.3. The largest absolute Gasteiger partial charge is 0.573 e. The highest BCUT2D eigenvalue weighted by atomic mass is 19.4. The molecule has 1 aliphatic rings. The molecule has 0 unspecified atom stereocenters. The molecule has 0 bridgehead atoms. The zero-order chi connectivity index (χ0) is 21.4. The third-order valence-corrected chi connectivity index (χ3v) is 5.18. The smallest absolute Gasteiger partial charge is 0.405 e. The number of ether oxygens (including phenoxy) is 1. The van der Waals surface area contributed by atoms with Gasteiger partial charge in [0.2, 0.25) is 0 Å². The first-order chi connectivity index (χ1) is 13.7. The highest BCUT2D eigenvalue weighted by Crippen LogP contribution is 2.38. The van der Waals surface area contributed by atoms with Crippen LogP contribution in [-0.4, -0.2) is 19.5 Å². The number of hydrogen-bond acceptors (Lipinski definition) is 5. The number of nitrogen functional groups attached to an aromatic ring is 2. The molecule has 1 fully saturated rings. The lowest BCUT2D eigenvalue weighted by molar-refractivity contribution is -0.274. The highest BCUT2D eigenvalue weighted by Gasteiger charge is 2.32. The van der Waals surface area contributed by atoms with E-state index in [2.05, 4.69) is 4.74 Å². The summed E-state index contributed by atoms with van der Waals surface area (Å²) in [7, 11) is 0. The first-order valence-electron chi connectivity index (χ1n) is 9.64. The van der Waals surface area contributed by atoms with Crippen LogP contribution >= 0.6 is 0 Å². The lowest BCUT2D eigenvalue weighted by atomic mass is 9.82. The molecule has 0 heterocycles. The molecule has 0 atom stereocenters. The predicted molar refractivity (Wildman–Crippen MR) is 111 cm³/mol. The van der Waals surface area contributed by atoms with Gasteiger partial charge >= 0.3 is 6.36 Å². The monoisotopic (exact) mass is 410 g/mol. The van der Waals surface area contributed by atoms with E-state index in [0.717, 1.165) is 24.9 Å². The number of benzene rings is 2. The van der Waals surface area contributed by atoms with Gasteiger partial charge in [-0.15, -0.1) is 13.2 Å². The van der Waals surface area contributed by atoms with E-state index in [1.807, 2.05) is 0 Å². The van der Waals surface area contributed by atoms with Gasteiger partial charge in [0.25, 0.3) is 0 Å². The summed E-state index contributed by atoms with van der Waals surface area (Å²) in [4.78, 5) is 0. The van der Waals surface area contributed by atoms with Crippen LogP contribution in [0.3, 0.4) is 0 Å². The van der Waals surface area contributed by atoms with Gasteiger partial charge in [-0.3, -0.25) is 0 Å². The summed E-state index contributed by atoms with van der Waals surface area (Å²) in [5, 5.41) is 0. The van der Waals surface area contributed by atoms with Crippen LogP contribution in [0.5, 0.6) is 5.75 Å². The normalized spacial score (nSPS) is 19.2. The summed E-state index contributed by atoms with van der Waals surface area (Å²) in [6.45, 7) is 1.74. The van der Waals surface area contributed by atoms with Crippen LogP contribution in [-0.2, 0) is 0 Å². The molecule has 8 heteroatoms. The van der Waals surface area contributed by atoms with Crippen molar-refractivity contribution in [3.05, 3.63) is 42.5 Å². The average molecular weight is 410 g/mol.